The molecule has 9 heteroatoms. The van der Waals surface area contributed by atoms with Gasteiger partial charge in [-0.05, 0) is 36.2 Å². The monoisotopic (exact) mass is 401 g/mol. The minimum absolute atomic E-state index is 0.0379. The minimum atomic E-state index is -4.46. The molecular weight excluding hydrogens is 382 g/mol. The number of aryl methyl sites for hydroxylation is 1. The maximum Gasteiger partial charge on any atom is 0.422 e. The van der Waals surface area contributed by atoms with Crippen LogP contribution in [0.1, 0.15) is 12.0 Å². The number of hydrogen-bond acceptors (Lipinski definition) is 4. The van der Waals surface area contributed by atoms with Gasteiger partial charge in [-0.25, -0.2) is 4.39 Å². The van der Waals surface area contributed by atoms with Crippen molar-refractivity contribution < 1.29 is 36.6 Å². The number of methoxy groups -OCH3 is 2. The van der Waals surface area contributed by atoms with Crippen LogP contribution in [0.2, 0.25) is 0 Å². The van der Waals surface area contributed by atoms with Crippen molar-refractivity contribution in [1.29, 1.82) is 0 Å². The molecule has 0 aliphatic heterocycles. The molecule has 0 radical (unpaired) electrons. The Morgan fingerprint density at radius 2 is 1.71 bits per heavy atom. The molecule has 0 saturated heterocycles. The number of ether oxygens (including phenoxy) is 3. The van der Waals surface area contributed by atoms with Gasteiger partial charge in [0, 0.05) is 12.5 Å². The highest BCUT2D eigenvalue weighted by Crippen LogP contribution is 2.30. The Morgan fingerprint density at radius 3 is 2.36 bits per heavy atom. The van der Waals surface area contributed by atoms with Crippen molar-refractivity contribution in [2.24, 2.45) is 0 Å². The molecule has 1 N–H and O–H groups in total. The van der Waals surface area contributed by atoms with E-state index in [0.717, 1.165) is 6.07 Å². The molecule has 2 rings (SSSR count). The Hall–Kier alpha value is -2.97. The second kappa shape index (κ2) is 9.29. The zero-order valence-electron chi connectivity index (χ0n) is 15.2. The van der Waals surface area contributed by atoms with E-state index in [1.165, 1.54) is 38.5 Å². The van der Waals surface area contributed by atoms with Crippen LogP contribution >= 0.6 is 0 Å². The second-order valence-corrected chi connectivity index (χ2v) is 5.78. The molecule has 0 fully saturated rings. The van der Waals surface area contributed by atoms with Gasteiger partial charge in [-0.2, -0.15) is 13.2 Å². The molecule has 0 aliphatic rings. The molecule has 0 atom stereocenters. The van der Waals surface area contributed by atoms with Crippen LogP contribution < -0.4 is 19.5 Å². The van der Waals surface area contributed by atoms with Gasteiger partial charge in [-0.15, -0.1) is 0 Å². The van der Waals surface area contributed by atoms with Gasteiger partial charge in [-0.1, -0.05) is 6.07 Å². The van der Waals surface area contributed by atoms with Gasteiger partial charge in [0.15, 0.2) is 18.1 Å². The van der Waals surface area contributed by atoms with Crippen LogP contribution in [0.5, 0.6) is 17.2 Å². The smallest absolute Gasteiger partial charge is 0.422 e. The van der Waals surface area contributed by atoms with Gasteiger partial charge in [0.25, 0.3) is 0 Å². The molecule has 0 spiro atoms. The Labute approximate surface area is 159 Å². The topological polar surface area (TPSA) is 56.8 Å². The van der Waals surface area contributed by atoms with E-state index in [1.54, 1.807) is 6.07 Å². The lowest BCUT2D eigenvalue weighted by Crippen LogP contribution is -2.19. The van der Waals surface area contributed by atoms with E-state index in [0.29, 0.717) is 17.7 Å². The first kappa shape index (κ1) is 21.3. The first-order valence-electron chi connectivity index (χ1n) is 8.21. The quantitative estimate of drug-likeness (QED) is 0.668. The second-order valence-electron chi connectivity index (χ2n) is 5.78. The predicted molar refractivity (Wildman–Crippen MR) is 94.4 cm³/mol. The highest BCUT2D eigenvalue weighted by atomic mass is 19.4. The van der Waals surface area contributed by atoms with E-state index in [4.69, 9.17) is 14.2 Å². The molecular formula is C19H19F4NO4. The summed E-state index contributed by atoms with van der Waals surface area (Å²) in [6.07, 6.45) is -4.05. The van der Waals surface area contributed by atoms with Crippen molar-refractivity contribution in [1.82, 2.24) is 0 Å². The SMILES string of the molecule is COc1cc(F)ccc1NC(=O)CCc1ccc(OCC(F)(F)F)c(OC)c1. The van der Waals surface area contributed by atoms with Gasteiger partial charge in [0.2, 0.25) is 5.91 Å². The third-order valence-electron chi connectivity index (χ3n) is 3.70. The summed E-state index contributed by atoms with van der Waals surface area (Å²) in [5.74, 6) is -0.524. The number of carbonyl (C=O) groups excluding carboxylic acids is 1. The largest absolute Gasteiger partial charge is 0.494 e. The molecule has 0 heterocycles. The fraction of sp³-hybridized carbons (Fsp3) is 0.316. The molecule has 5 nitrogen and oxygen atoms in total. The molecule has 0 bridgehead atoms. The van der Waals surface area contributed by atoms with Gasteiger partial charge >= 0.3 is 6.18 Å². The minimum Gasteiger partial charge on any atom is -0.494 e. The average Bonchev–Trinajstić information content (AvgIpc) is 2.65. The van der Waals surface area contributed by atoms with Gasteiger partial charge in [0.1, 0.15) is 11.6 Å². The molecule has 28 heavy (non-hydrogen) atoms. The molecule has 1 amide bonds. The highest BCUT2D eigenvalue weighted by molar-refractivity contribution is 5.92. The Balaban J connectivity index is 1.97. The van der Waals surface area contributed by atoms with Crippen LogP contribution in [0.15, 0.2) is 36.4 Å². The summed E-state index contributed by atoms with van der Waals surface area (Å²) in [7, 11) is 2.67. The first-order chi connectivity index (χ1) is 13.2. The molecule has 2 aromatic rings. The van der Waals surface area contributed by atoms with Crippen LogP contribution in [0.4, 0.5) is 23.2 Å². The van der Waals surface area contributed by atoms with Crippen LogP contribution in [-0.4, -0.2) is 32.9 Å². The zero-order chi connectivity index (χ0) is 20.7. The Kier molecular flexibility index (Phi) is 7.08. The summed E-state index contributed by atoms with van der Waals surface area (Å²) in [5, 5.41) is 2.62. The summed E-state index contributed by atoms with van der Waals surface area (Å²) in [5.41, 5.74) is 1.01. The normalized spacial score (nSPS) is 11.1. The van der Waals surface area contributed by atoms with Gasteiger partial charge < -0.3 is 19.5 Å². The van der Waals surface area contributed by atoms with Crippen molar-refractivity contribution in [3.8, 4) is 17.2 Å². The molecule has 0 saturated carbocycles. The molecule has 152 valence electrons. The van der Waals surface area contributed by atoms with Crippen molar-refractivity contribution >= 4 is 11.6 Å². The van der Waals surface area contributed by atoms with Crippen LogP contribution in [0, 0.1) is 5.82 Å². The number of carbonyl (C=O) groups is 1. The number of hydrogen-bond donors (Lipinski definition) is 1. The maximum absolute atomic E-state index is 13.2. The van der Waals surface area contributed by atoms with Crippen molar-refractivity contribution in [3.05, 3.63) is 47.8 Å². The van der Waals surface area contributed by atoms with Crippen LogP contribution in [-0.2, 0) is 11.2 Å². The van der Waals surface area contributed by atoms with Crippen molar-refractivity contribution in [2.75, 3.05) is 26.1 Å². The number of rotatable bonds is 8. The standard InChI is InChI=1S/C19H19F4NO4/c1-26-16-10-13(20)5-6-14(16)24-18(25)8-4-12-3-7-15(17(9-12)27-2)28-11-19(21,22)23/h3,5-7,9-10H,4,8,11H2,1-2H3,(H,24,25). The molecule has 0 aliphatic carbocycles. The molecule has 2 aromatic carbocycles. The van der Waals surface area contributed by atoms with E-state index < -0.39 is 18.6 Å². The Bertz CT molecular complexity index is 824. The summed E-state index contributed by atoms with van der Waals surface area (Å²) in [6, 6.07) is 8.17. The summed E-state index contributed by atoms with van der Waals surface area (Å²) in [4.78, 5) is 12.1. The molecule has 0 aromatic heterocycles. The Morgan fingerprint density at radius 1 is 1.00 bits per heavy atom. The number of halogens is 4. The first-order valence-corrected chi connectivity index (χ1v) is 8.21. The summed E-state index contributed by atoms with van der Waals surface area (Å²) < 4.78 is 64.8. The lowest BCUT2D eigenvalue weighted by Gasteiger charge is -2.14. The number of anilines is 1. The summed E-state index contributed by atoms with van der Waals surface area (Å²) >= 11 is 0. The molecule has 0 unspecified atom stereocenters. The van der Waals surface area contributed by atoms with E-state index in [-0.39, 0.29) is 29.6 Å². The third-order valence-corrected chi connectivity index (χ3v) is 3.70. The van der Waals surface area contributed by atoms with E-state index in [1.807, 2.05) is 0 Å². The number of nitrogens with one attached hydrogen (secondary N) is 1. The summed E-state index contributed by atoms with van der Waals surface area (Å²) in [6.45, 7) is -1.43. The fourth-order valence-corrected chi connectivity index (χ4v) is 2.39. The highest BCUT2D eigenvalue weighted by Gasteiger charge is 2.29. The number of amides is 1. The van der Waals surface area contributed by atoms with Crippen molar-refractivity contribution in [3.63, 3.8) is 0 Å². The van der Waals surface area contributed by atoms with Gasteiger partial charge in [0.05, 0.1) is 19.9 Å². The number of benzene rings is 2. The average molecular weight is 401 g/mol. The van der Waals surface area contributed by atoms with E-state index >= 15 is 0 Å². The lowest BCUT2D eigenvalue weighted by atomic mass is 10.1. The van der Waals surface area contributed by atoms with Crippen LogP contribution in [0.3, 0.4) is 0 Å². The van der Waals surface area contributed by atoms with E-state index in [2.05, 4.69) is 5.32 Å². The lowest BCUT2D eigenvalue weighted by molar-refractivity contribution is -0.153. The van der Waals surface area contributed by atoms with Crippen LogP contribution in [0.25, 0.3) is 0 Å². The predicted octanol–water partition coefficient (Wildman–Crippen LogP) is 4.36. The van der Waals surface area contributed by atoms with Gasteiger partial charge in [-0.3, -0.25) is 4.79 Å². The zero-order valence-corrected chi connectivity index (χ0v) is 15.2. The fourth-order valence-electron chi connectivity index (χ4n) is 2.39. The third kappa shape index (κ3) is 6.33. The maximum atomic E-state index is 13.2. The van der Waals surface area contributed by atoms with E-state index in [9.17, 15) is 22.4 Å². The number of alkyl halides is 3. The van der Waals surface area contributed by atoms with Crippen molar-refractivity contribution in [2.45, 2.75) is 19.0 Å².